The van der Waals surface area contributed by atoms with Crippen LogP contribution in [0.1, 0.15) is 13.8 Å². The standard InChI is InChI=1S/C10H16NO4P/c1-3-13-16(12,14-4-2)15-11-10-8-6-5-7-9-10/h5-9,11H,3-4H2,1-2H3. The molecule has 6 heteroatoms. The number of nitrogens with one attached hydrogen (secondary N) is 1. The molecular formula is C10H16NO4P. The first-order chi connectivity index (χ1) is 7.70. The summed E-state index contributed by atoms with van der Waals surface area (Å²) in [6.45, 7) is 3.95. The lowest BCUT2D eigenvalue weighted by molar-refractivity contribution is 0.140. The van der Waals surface area contributed by atoms with E-state index in [1.165, 1.54) is 0 Å². The second kappa shape index (κ2) is 6.66. The van der Waals surface area contributed by atoms with Gasteiger partial charge in [0.2, 0.25) is 0 Å². The number of rotatable bonds is 7. The fourth-order valence-electron chi connectivity index (χ4n) is 1.02. The number of anilines is 1. The van der Waals surface area contributed by atoms with E-state index in [0.29, 0.717) is 5.69 Å². The van der Waals surface area contributed by atoms with Crippen LogP contribution in [0.2, 0.25) is 0 Å². The number of hydrogen-bond donors (Lipinski definition) is 1. The first-order valence-corrected chi connectivity index (χ1v) is 6.55. The molecule has 0 bridgehead atoms. The van der Waals surface area contributed by atoms with Crippen LogP contribution in [0.25, 0.3) is 0 Å². The molecule has 0 amide bonds. The smallest absolute Gasteiger partial charge is 0.286 e. The fraction of sp³-hybridized carbons (Fsp3) is 0.400. The highest BCUT2D eigenvalue weighted by atomic mass is 31.2. The van der Waals surface area contributed by atoms with Crippen molar-refractivity contribution >= 4 is 13.5 Å². The summed E-state index contributed by atoms with van der Waals surface area (Å²) in [6, 6.07) is 9.09. The third-order valence-electron chi connectivity index (χ3n) is 1.62. The van der Waals surface area contributed by atoms with Gasteiger partial charge in [0.25, 0.3) is 0 Å². The SMILES string of the molecule is CCOP(=O)(OCC)ONc1ccccc1. The van der Waals surface area contributed by atoms with E-state index in [4.69, 9.17) is 13.7 Å². The van der Waals surface area contributed by atoms with Crippen LogP contribution in [0.5, 0.6) is 0 Å². The van der Waals surface area contributed by atoms with Gasteiger partial charge in [-0.15, -0.1) is 0 Å². The van der Waals surface area contributed by atoms with Gasteiger partial charge in [-0.3, -0.25) is 14.5 Å². The maximum Gasteiger partial charge on any atom is 0.496 e. The van der Waals surface area contributed by atoms with Crippen molar-refractivity contribution < 1.29 is 18.2 Å². The highest BCUT2D eigenvalue weighted by Crippen LogP contribution is 2.48. The van der Waals surface area contributed by atoms with Crippen LogP contribution < -0.4 is 5.48 Å². The van der Waals surface area contributed by atoms with Crippen molar-refractivity contribution in [3.8, 4) is 0 Å². The molecule has 16 heavy (non-hydrogen) atoms. The highest BCUT2D eigenvalue weighted by molar-refractivity contribution is 7.48. The molecule has 0 saturated carbocycles. The van der Waals surface area contributed by atoms with Gasteiger partial charge in [0.15, 0.2) is 0 Å². The predicted octanol–water partition coefficient (Wildman–Crippen LogP) is 3.21. The minimum atomic E-state index is -3.50. The lowest BCUT2D eigenvalue weighted by atomic mass is 10.3. The van der Waals surface area contributed by atoms with Gasteiger partial charge in [-0.1, -0.05) is 18.2 Å². The number of hydrogen-bond acceptors (Lipinski definition) is 5. The number of phosphoric acid groups is 1. The second-order valence-electron chi connectivity index (χ2n) is 2.84. The number of phosphoric ester groups is 1. The van der Waals surface area contributed by atoms with E-state index in [0.717, 1.165) is 0 Å². The van der Waals surface area contributed by atoms with E-state index >= 15 is 0 Å². The summed E-state index contributed by atoms with van der Waals surface area (Å²) in [6.07, 6.45) is 0. The first kappa shape index (κ1) is 13.2. The van der Waals surface area contributed by atoms with E-state index in [2.05, 4.69) is 5.48 Å². The van der Waals surface area contributed by atoms with E-state index in [9.17, 15) is 4.57 Å². The van der Waals surface area contributed by atoms with E-state index < -0.39 is 7.82 Å². The molecule has 0 atom stereocenters. The van der Waals surface area contributed by atoms with Crippen LogP contribution in [0.4, 0.5) is 5.69 Å². The fourth-order valence-corrected chi connectivity index (χ4v) is 2.05. The van der Waals surface area contributed by atoms with Crippen LogP contribution in [-0.2, 0) is 18.2 Å². The van der Waals surface area contributed by atoms with Crippen LogP contribution >= 0.6 is 7.82 Å². The largest absolute Gasteiger partial charge is 0.496 e. The Bertz CT molecular complexity index is 334. The Morgan fingerprint density at radius 2 is 1.69 bits per heavy atom. The Morgan fingerprint density at radius 1 is 1.12 bits per heavy atom. The molecule has 0 saturated heterocycles. The molecule has 1 rings (SSSR count). The van der Waals surface area contributed by atoms with Crippen molar-refractivity contribution in [1.82, 2.24) is 0 Å². The average Bonchev–Trinajstić information content (AvgIpc) is 2.29. The minimum absolute atomic E-state index is 0.258. The molecule has 90 valence electrons. The lowest BCUT2D eigenvalue weighted by Gasteiger charge is -2.16. The molecule has 0 aromatic heterocycles. The topological polar surface area (TPSA) is 56.8 Å². The molecule has 1 N–H and O–H groups in total. The van der Waals surface area contributed by atoms with Crippen molar-refractivity contribution in [3.63, 3.8) is 0 Å². The molecule has 0 unspecified atom stereocenters. The monoisotopic (exact) mass is 245 g/mol. The van der Waals surface area contributed by atoms with Crippen molar-refractivity contribution in [2.75, 3.05) is 18.7 Å². The third-order valence-corrected chi connectivity index (χ3v) is 3.09. The minimum Gasteiger partial charge on any atom is -0.286 e. The molecule has 5 nitrogen and oxygen atoms in total. The Labute approximate surface area is 95.3 Å². The summed E-state index contributed by atoms with van der Waals surface area (Å²) in [5.74, 6) is 0. The Kier molecular flexibility index (Phi) is 5.49. The summed E-state index contributed by atoms with van der Waals surface area (Å²) in [5.41, 5.74) is 3.22. The molecule has 1 aromatic carbocycles. The van der Waals surface area contributed by atoms with Gasteiger partial charge >= 0.3 is 7.82 Å². The van der Waals surface area contributed by atoms with E-state index in [1.807, 2.05) is 18.2 Å². The summed E-state index contributed by atoms with van der Waals surface area (Å²) >= 11 is 0. The van der Waals surface area contributed by atoms with Gasteiger partial charge in [-0.25, -0.2) is 4.57 Å². The summed E-state index contributed by atoms with van der Waals surface area (Å²) in [7, 11) is -3.50. The van der Waals surface area contributed by atoms with Gasteiger partial charge in [-0.05, 0) is 26.0 Å². The van der Waals surface area contributed by atoms with E-state index in [-0.39, 0.29) is 13.2 Å². The number of benzene rings is 1. The maximum absolute atomic E-state index is 11.9. The lowest BCUT2D eigenvalue weighted by Crippen LogP contribution is -2.05. The van der Waals surface area contributed by atoms with Crippen LogP contribution in [0.3, 0.4) is 0 Å². The Hall–Kier alpha value is -0.870. The van der Waals surface area contributed by atoms with Crippen molar-refractivity contribution in [1.29, 1.82) is 0 Å². The first-order valence-electron chi connectivity index (χ1n) is 5.09. The highest BCUT2D eigenvalue weighted by Gasteiger charge is 2.25. The zero-order valence-electron chi connectivity index (χ0n) is 9.38. The Balaban J connectivity index is 2.53. The molecule has 0 aliphatic heterocycles. The quantitative estimate of drug-likeness (QED) is 0.590. The molecule has 0 aliphatic carbocycles. The molecule has 0 aliphatic rings. The van der Waals surface area contributed by atoms with Crippen molar-refractivity contribution in [3.05, 3.63) is 30.3 Å². The molecule has 0 radical (unpaired) electrons. The van der Waals surface area contributed by atoms with Gasteiger partial charge < -0.3 is 0 Å². The van der Waals surface area contributed by atoms with Gasteiger partial charge in [-0.2, -0.15) is 4.62 Å². The van der Waals surface area contributed by atoms with Gasteiger partial charge in [0.1, 0.15) is 0 Å². The molecular weight excluding hydrogens is 229 g/mol. The van der Waals surface area contributed by atoms with Crippen LogP contribution in [0.15, 0.2) is 30.3 Å². The molecule has 1 aromatic rings. The summed E-state index contributed by atoms with van der Waals surface area (Å²) in [5, 5.41) is 0. The third kappa shape index (κ3) is 4.33. The van der Waals surface area contributed by atoms with E-state index in [1.54, 1.807) is 26.0 Å². The number of para-hydroxylation sites is 1. The second-order valence-corrected chi connectivity index (χ2v) is 4.44. The van der Waals surface area contributed by atoms with Gasteiger partial charge in [0.05, 0.1) is 18.9 Å². The average molecular weight is 245 g/mol. The van der Waals surface area contributed by atoms with Crippen molar-refractivity contribution in [2.45, 2.75) is 13.8 Å². The van der Waals surface area contributed by atoms with Gasteiger partial charge in [0, 0.05) is 0 Å². The van der Waals surface area contributed by atoms with Crippen molar-refractivity contribution in [2.24, 2.45) is 0 Å². The Morgan fingerprint density at radius 3 is 2.19 bits per heavy atom. The zero-order chi connectivity index (χ0) is 11.9. The summed E-state index contributed by atoms with van der Waals surface area (Å²) in [4.78, 5) is 0. The molecule has 0 heterocycles. The molecule has 0 spiro atoms. The van der Waals surface area contributed by atoms with Crippen LogP contribution in [-0.4, -0.2) is 13.2 Å². The zero-order valence-corrected chi connectivity index (χ0v) is 10.3. The predicted molar refractivity (Wildman–Crippen MR) is 62.0 cm³/mol. The maximum atomic E-state index is 11.9. The normalized spacial score (nSPS) is 11.4. The summed E-state index contributed by atoms with van der Waals surface area (Å²) < 4.78 is 26.7. The van der Waals surface area contributed by atoms with Crippen LogP contribution in [0, 0.1) is 0 Å². The molecule has 0 fully saturated rings.